The lowest BCUT2D eigenvalue weighted by atomic mass is 10.2. The van der Waals surface area contributed by atoms with E-state index in [-0.39, 0.29) is 24.1 Å². The zero-order valence-electron chi connectivity index (χ0n) is 19.2. The van der Waals surface area contributed by atoms with Gasteiger partial charge in [-0.05, 0) is 57.4 Å². The van der Waals surface area contributed by atoms with Crippen LogP contribution in [0.4, 0.5) is 5.69 Å². The number of aliphatic imine (C=N–C) groups is 1. The summed E-state index contributed by atoms with van der Waals surface area (Å²) in [6, 6.07) is 7.69. The van der Waals surface area contributed by atoms with Crippen molar-refractivity contribution in [2.45, 2.75) is 52.2 Å². The average molecular weight is 436 g/mol. The first kappa shape index (κ1) is 24.9. The molecule has 2 unspecified atom stereocenters. The molecule has 0 saturated carbocycles. The molecule has 1 aromatic carbocycles. The minimum Gasteiger partial charge on any atom is -0.491 e. The average Bonchev–Trinajstić information content (AvgIpc) is 3.27. The number of nitrogens with one attached hydrogen (secondary N) is 2. The molecule has 8 heteroatoms. The van der Waals surface area contributed by atoms with Gasteiger partial charge in [0, 0.05) is 25.4 Å². The van der Waals surface area contributed by atoms with Gasteiger partial charge in [0.25, 0.3) is 0 Å². The highest BCUT2D eigenvalue weighted by Gasteiger charge is 2.15. The maximum atomic E-state index is 11.7. The third-order valence-electron chi connectivity index (χ3n) is 4.70. The summed E-state index contributed by atoms with van der Waals surface area (Å²) in [5.74, 6) is 0.822. The molecule has 2 rings (SSSR count). The van der Waals surface area contributed by atoms with E-state index < -0.39 is 0 Å². The number of anilines is 1. The summed E-state index contributed by atoms with van der Waals surface area (Å²) in [7, 11) is 1.39. The second-order valence-corrected chi connectivity index (χ2v) is 7.92. The van der Waals surface area contributed by atoms with E-state index >= 15 is 0 Å². The topological polar surface area (TPSA) is 90.4 Å². The lowest BCUT2D eigenvalue weighted by Crippen LogP contribution is -2.33. The van der Waals surface area contributed by atoms with Gasteiger partial charge in [-0.15, -0.1) is 0 Å². The summed E-state index contributed by atoms with van der Waals surface area (Å²) in [6.07, 6.45) is 3.41. The molecule has 174 valence electrons. The van der Waals surface area contributed by atoms with Crippen LogP contribution in [0.25, 0.3) is 0 Å². The van der Waals surface area contributed by atoms with Gasteiger partial charge in [-0.1, -0.05) is 6.92 Å². The Labute approximate surface area is 185 Å². The summed E-state index contributed by atoms with van der Waals surface area (Å²) in [6.45, 7) is 8.95. The fraction of sp³-hybridized carbons (Fsp3) is 0.652. The number of carbonyl (C=O) groups is 1. The number of hydrogen-bond donors (Lipinski definition) is 2. The van der Waals surface area contributed by atoms with Crippen molar-refractivity contribution in [2.75, 3.05) is 45.3 Å². The summed E-state index contributed by atoms with van der Waals surface area (Å²) in [5.41, 5.74) is 0.878. The zero-order valence-corrected chi connectivity index (χ0v) is 19.2. The van der Waals surface area contributed by atoms with Gasteiger partial charge in [0.2, 0.25) is 0 Å². The van der Waals surface area contributed by atoms with Gasteiger partial charge in [0.15, 0.2) is 5.96 Å². The Morgan fingerprint density at radius 3 is 2.68 bits per heavy atom. The normalized spacial score (nSPS) is 17.5. The second-order valence-electron chi connectivity index (χ2n) is 7.92. The number of hydrogen-bond acceptors (Lipinski definition) is 6. The van der Waals surface area contributed by atoms with E-state index in [0.29, 0.717) is 32.3 Å². The maximum Gasteiger partial charge on any atom is 0.310 e. The van der Waals surface area contributed by atoms with Gasteiger partial charge in [0.1, 0.15) is 5.75 Å². The number of esters is 1. The molecule has 0 amide bonds. The molecular formula is C23H37N3O5. The van der Waals surface area contributed by atoms with Crippen molar-refractivity contribution in [2.24, 2.45) is 10.9 Å². The predicted octanol–water partition coefficient (Wildman–Crippen LogP) is 3.23. The smallest absolute Gasteiger partial charge is 0.310 e. The van der Waals surface area contributed by atoms with Gasteiger partial charge in [-0.25, -0.2) is 0 Å². The molecule has 1 fully saturated rings. The van der Waals surface area contributed by atoms with Crippen molar-refractivity contribution in [3.8, 4) is 5.75 Å². The summed E-state index contributed by atoms with van der Waals surface area (Å²) >= 11 is 0. The van der Waals surface area contributed by atoms with E-state index in [1.54, 1.807) is 6.92 Å². The van der Waals surface area contributed by atoms with Gasteiger partial charge in [-0.2, -0.15) is 0 Å². The number of rotatable bonds is 12. The van der Waals surface area contributed by atoms with Crippen LogP contribution < -0.4 is 15.4 Å². The van der Waals surface area contributed by atoms with Crippen LogP contribution in [0, 0.1) is 5.92 Å². The molecule has 1 aliphatic rings. The molecule has 0 radical (unpaired) electrons. The number of guanidine groups is 1. The molecule has 1 saturated heterocycles. The molecule has 0 bridgehead atoms. The van der Waals surface area contributed by atoms with E-state index in [2.05, 4.69) is 15.6 Å². The standard InChI is InChI=1S/C23H37N3O5/c1-17(2)31-20-10-8-19(9-11-20)26-23(25-15-18(3)22(27)28-4)24-12-6-13-29-16-21-7-5-14-30-21/h8-11,17-18,21H,5-7,12-16H2,1-4H3,(H2,24,25,26). The van der Waals surface area contributed by atoms with E-state index in [1.807, 2.05) is 38.1 Å². The summed E-state index contributed by atoms with van der Waals surface area (Å²) in [4.78, 5) is 16.2. The highest BCUT2D eigenvalue weighted by atomic mass is 16.5. The largest absolute Gasteiger partial charge is 0.491 e. The van der Waals surface area contributed by atoms with Crippen molar-refractivity contribution in [1.82, 2.24) is 5.32 Å². The van der Waals surface area contributed by atoms with Crippen LogP contribution in [0.5, 0.6) is 5.75 Å². The molecular weight excluding hydrogens is 398 g/mol. The van der Waals surface area contributed by atoms with Crippen molar-refractivity contribution in [3.05, 3.63) is 24.3 Å². The van der Waals surface area contributed by atoms with Crippen molar-refractivity contribution >= 4 is 17.6 Å². The number of carbonyl (C=O) groups excluding carboxylic acids is 1. The second kappa shape index (κ2) is 13.9. The van der Waals surface area contributed by atoms with Crippen LogP contribution in [-0.4, -0.2) is 64.2 Å². The molecule has 8 nitrogen and oxygen atoms in total. The zero-order chi connectivity index (χ0) is 22.5. The molecule has 0 aliphatic carbocycles. The third kappa shape index (κ3) is 10.0. The first-order valence-electron chi connectivity index (χ1n) is 11.1. The number of benzene rings is 1. The van der Waals surface area contributed by atoms with E-state index in [1.165, 1.54) is 7.11 Å². The first-order valence-corrected chi connectivity index (χ1v) is 11.1. The number of methoxy groups -OCH3 is 1. The Morgan fingerprint density at radius 1 is 1.26 bits per heavy atom. The Balaban J connectivity index is 1.84. The minimum absolute atomic E-state index is 0.125. The van der Waals surface area contributed by atoms with E-state index in [4.69, 9.17) is 18.9 Å². The number of ether oxygens (including phenoxy) is 4. The Bertz CT molecular complexity index is 672. The maximum absolute atomic E-state index is 11.7. The van der Waals surface area contributed by atoms with Crippen LogP contribution in [-0.2, 0) is 19.0 Å². The van der Waals surface area contributed by atoms with Crippen molar-refractivity contribution in [3.63, 3.8) is 0 Å². The molecule has 2 N–H and O–H groups in total. The highest BCUT2D eigenvalue weighted by Crippen LogP contribution is 2.17. The predicted molar refractivity (Wildman–Crippen MR) is 122 cm³/mol. The van der Waals surface area contributed by atoms with E-state index in [0.717, 1.165) is 37.3 Å². The molecule has 1 aliphatic heterocycles. The van der Waals surface area contributed by atoms with Crippen LogP contribution in [0.15, 0.2) is 29.3 Å². The van der Waals surface area contributed by atoms with Crippen LogP contribution >= 0.6 is 0 Å². The van der Waals surface area contributed by atoms with Crippen LogP contribution in [0.1, 0.15) is 40.0 Å². The SMILES string of the molecule is COC(=O)C(C)CN=C(NCCCOCC1CCCO1)Nc1ccc(OC(C)C)cc1. The monoisotopic (exact) mass is 435 g/mol. The van der Waals surface area contributed by atoms with Gasteiger partial charge in [-0.3, -0.25) is 9.79 Å². The van der Waals surface area contributed by atoms with Gasteiger partial charge >= 0.3 is 5.97 Å². The summed E-state index contributed by atoms with van der Waals surface area (Å²) < 4.78 is 21.7. The fourth-order valence-electron chi connectivity index (χ4n) is 3.04. The third-order valence-corrected chi connectivity index (χ3v) is 4.70. The Kier molecular flexibility index (Phi) is 11.2. The van der Waals surface area contributed by atoms with Gasteiger partial charge in [0.05, 0.1) is 38.4 Å². The van der Waals surface area contributed by atoms with E-state index in [9.17, 15) is 4.79 Å². The molecule has 1 heterocycles. The Hall–Kier alpha value is -2.32. The molecule has 1 aromatic rings. The quantitative estimate of drug-likeness (QED) is 0.225. The minimum atomic E-state index is -0.319. The lowest BCUT2D eigenvalue weighted by molar-refractivity contribution is -0.144. The first-order chi connectivity index (χ1) is 15.0. The summed E-state index contributed by atoms with van der Waals surface area (Å²) in [5, 5.41) is 6.58. The fourth-order valence-corrected chi connectivity index (χ4v) is 3.04. The molecule has 2 atom stereocenters. The Morgan fingerprint density at radius 2 is 2.03 bits per heavy atom. The molecule has 0 spiro atoms. The van der Waals surface area contributed by atoms with Crippen LogP contribution in [0.3, 0.4) is 0 Å². The highest BCUT2D eigenvalue weighted by molar-refractivity contribution is 5.93. The van der Waals surface area contributed by atoms with Gasteiger partial charge < -0.3 is 29.6 Å². The molecule has 0 aromatic heterocycles. The lowest BCUT2D eigenvalue weighted by Gasteiger charge is -2.15. The van der Waals surface area contributed by atoms with Crippen LogP contribution in [0.2, 0.25) is 0 Å². The van der Waals surface area contributed by atoms with Crippen molar-refractivity contribution < 1.29 is 23.7 Å². The van der Waals surface area contributed by atoms with Crippen molar-refractivity contribution in [1.29, 1.82) is 0 Å². The molecule has 31 heavy (non-hydrogen) atoms. The number of nitrogens with zero attached hydrogens (tertiary/aromatic N) is 1.